The first-order valence-corrected chi connectivity index (χ1v) is 41.6. The topological polar surface area (TPSA) is 674 Å². The smallest absolute Gasteiger partial charge is 0.247 e. The molecule has 2 aromatic carbocycles. The summed E-state index contributed by atoms with van der Waals surface area (Å²) in [6, 6.07) is 6.76. The summed E-state index contributed by atoms with van der Waals surface area (Å²) >= 11 is 0. The Balaban J connectivity index is 0.00000163. The molecule has 0 heterocycles. The van der Waals surface area contributed by atoms with E-state index in [1.807, 2.05) is 6.92 Å². The quantitative estimate of drug-likeness (QED) is 0.0330. The minimum absolute atomic E-state index is 0.0314. The molecule has 0 bridgehead atoms. The Morgan fingerprint density at radius 1 is 0.315 bits per heavy atom. The Labute approximate surface area is 728 Å². The van der Waals surface area contributed by atoms with Crippen LogP contribution in [-0.4, -0.2) is 181 Å². The van der Waals surface area contributed by atoms with Crippen molar-refractivity contribution in [2.45, 2.75) is 252 Å². The predicted octanol–water partition coefficient (Wildman–Crippen LogP) is -1.66. The summed E-state index contributed by atoms with van der Waals surface area (Å²) in [6.07, 6.45) is 7.89. The third-order valence-corrected chi connectivity index (χ3v) is 19.0. The second-order valence-electron chi connectivity index (χ2n) is 31.5. The number of rotatable bonds is 53. The summed E-state index contributed by atoms with van der Waals surface area (Å²) in [5.74, 6) is -7.76. The van der Waals surface area contributed by atoms with E-state index >= 15 is 0 Å². The lowest BCUT2D eigenvalue weighted by molar-refractivity contribution is -0.134. The van der Waals surface area contributed by atoms with Gasteiger partial charge in [-0.1, -0.05) is 169 Å². The summed E-state index contributed by atoms with van der Waals surface area (Å²) in [7, 11) is 0. The summed E-state index contributed by atoms with van der Waals surface area (Å²) in [6.45, 7) is 37.2. The number of hydrogen-bond acceptors (Lipinski definition) is 24. The zero-order chi connectivity index (χ0) is 94.6. The Morgan fingerprint density at radius 2 is 0.548 bits per heavy atom. The lowest BCUT2D eigenvalue weighted by Crippen LogP contribution is -2.58. The fourth-order valence-corrected chi connectivity index (χ4v) is 12.6. The number of benzene rings is 2. The lowest BCUT2D eigenvalue weighted by atomic mass is 9.96. The van der Waals surface area contributed by atoms with Gasteiger partial charge in [-0.2, -0.15) is 0 Å². The van der Waals surface area contributed by atoms with E-state index in [9.17, 15) is 76.7 Å². The van der Waals surface area contributed by atoms with Crippen LogP contribution in [0.4, 0.5) is 0 Å². The highest BCUT2D eigenvalue weighted by molar-refractivity contribution is 5.98. The molecule has 40 heteroatoms. The molecule has 0 unspecified atom stereocenters. The van der Waals surface area contributed by atoms with Gasteiger partial charge in [-0.25, -0.2) is 0 Å². The first-order valence-electron chi connectivity index (χ1n) is 41.6. The number of carbonyl (C=O) groups excluding carboxylic acids is 16. The van der Waals surface area contributed by atoms with Crippen LogP contribution in [0.25, 0.3) is 0 Å². The van der Waals surface area contributed by atoms with E-state index < -0.39 is 155 Å². The Bertz CT molecular complexity index is 3710. The molecule has 1 saturated carbocycles. The molecule has 12 atom stereocenters. The fraction of sp³-hybridized carbons (Fsp3) is 0.571. The van der Waals surface area contributed by atoms with E-state index in [0.717, 1.165) is 25.7 Å². The largest absolute Gasteiger partial charge is 0.386 e. The van der Waals surface area contributed by atoms with E-state index in [1.54, 1.807) is 116 Å². The second-order valence-corrected chi connectivity index (χ2v) is 31.5. The molecule has 0 radical (unpaired) electrons. The summed E-state index contributed by atoms with van der Waals surface area (Å²) in [4.78, 5) is 196. The van der Waals surface area contributed by atoms with Crippen LogP contribution in [0.1, 0.15) is 203 Å². The van der Waals surface area contributed by atoms with Crippen molar-refractivity contribution in [2.75, 3.05) is 26.2 Å². The van der Waals surface area contributed by atoms with E-state index in [2.05, 4.69) is 111 Å². The number of carbonyl (C=O) groups is 16. The van der Waals surface area contributed by atoms with Crippen LogP contribution in [-0.2, 0) is 76.7 Å². The molecule has 3 rings (SSSR count). The normalized spacial score (nSPS) is 14.3. The molecule has 16 amide bonds. The Kier molecular flexibility index (Phi) is 53.8. The zero-order valence-electron chi connectivity index (χ0n) is 74.3. The van der Waals surface area contributed by atoms with Crippen molar-refractivity contribution in [3.8, 4) is 0 Å². The number of amides is 16. The van der Waals surface area contributed by atoms with E-state index in [1.165, 1.54) is 27.7 Å². The number of nitrogens with one attached hydrogen (secondary N) is 16. The predicted molar refractivity (Wildman–Crippen MR) is 472 cm³/mol. The first-order chi connectivity index (χ1) is 58.1. The van der Waals surface area contributed by atoms with Gasteiger partial charge in [0.1, 0.15) is 72.5 Å². The first kappa shape index (κ1) is 111. The van der Waals surface area contributed by atoms with Gasteiger partial charge in [0.05, 0.1) is 23.3 Å². The van der Waals surface area contributed by atoms with Gasteiger partial charge in [-0.15, -0.1) is 0 Å². The Hall–Kier alpha value is -12.7. The molecule has 0 aromatic heterocycles. The minimum Gasteiger partial charge on any atom is -0.386 e. The average molecular weight is 1740 g/mol. The van der Waals surface area contributed by atoms with E-state index in [4.69, 9.17) is 45.9 Å². The van der Waals surface area contributed by atoms with Gasteiger partial charge < -0.3 is 131 Å². The highest BCUT2D eigenvalue weighted by Gasteiger charge is 2.37. The molecule has 1 aliphatic carbocycles. The molecule has 1 aliphatic rings. The van der Waals surface area contributed by atoms with Gasteiger partial charge in [0.2, 0.25) is 94.5 Å². The maximum Gasteiger partial charge on any atom is 0.247 e. The molecular weight excluding hydrogens is 1600 g/mol. The fourth-order valence-electron chi connectivity index (χ4n) is 12.6. The monoisotopic (exact) mass is 1740 g/mol. The van der Waals surface area contributed by atoms with Gasteiger partial charge in [0, 0.05) is 53.9 Å². The molecule has 0 aliphatic heterocycles. The third kappa shape index (κ3) is 46.9. The van der Waals surface area contributed by atoms with Gasteiger partial charge in [-0.3, -0.25) is 76.7 Å². The number of nitrogens with two attached hydrogens (primary N) is 8. The standard InChI is InChI=1S/2C22H34N6O4.C21H38N6O4.C19H36N6O4/c2*1-13(2)18(20(24)30)28-21(31)17(11-8-12-25-14(3)23)27-22(32)19(26-15(4)29)16-9-6-5-7-10-16;1-12(2)17(19(23)29)27-20(30)16(10-7-11-24-13(3)22)26-21(31)18(25-14(4)28)15-8-5-6-9-15;1-6-8-14(23-13(5)26)18(28)24-15(9-7-10-22-12(4)20)19(29)25-16(11(2)3)17(21)27/h2*5-7,9-10,13,17-19,25H,3,8,11-12,23H2,1-2,4H3,(H2,24,30)(H,26,29)(H,27,32)(H,28,31);12,15-18,24H,3,5-11,22H2,1-2,4H3,(H2,23,29)(H,25,28)(H,26,31)(H,27,30);11,14-16,22H,4,6-10,20H2,1-3,5H3,(H2,21,27)(H,23,26)(H,24,28)(H,25,29)/t17-,18-,19+;17-,18-,19-;16-,17-,18-;14-,15-,16-/m0000/s1. The molecule has 40 nitrogen and oxygen atoms in total. The van der Waals surface area contributed by atoms with Crippen LogP contribution < -0.4 is 131 Å². The molecular formula is C84H142N24O16. The van der Waals surface area contributed by atoms with Crippen LogP contribution in [0.2, 0.25) is 0 Å². The van der Waals surface area contributed by atoms with Crippen LogP contribution >= 0.6 is 0 Å². The van der Waals surface area contributed by atoms with Gasteiger partial charge >= 0.3 is 0 Å². The SMILES string of the molecule is C=C(N)NCCC[C@H](NC(=O)[C@@H](NC(C)=O)C1CCCC1)C(=O)N[C@H](C(N)=O)C(C)C.C=C(N)NCCC[C@H](NC(=O)[C@@H](NC(C)=O)c1ccccc1)C(=O)N[C@H](C(N)=O)C(C)C.C=C(N)NCCC[C@H](NC(=O)[C@H](CCC)NC(C)=O)C(=O)N[C@H](C(N)=O)C(C)C.C=C(N)NCCC[C@H](NC(=O)[C@H](NC(C)=O)c1ccccc1)C(=O)N[C@H](C(N)=O)C(C)C. The third-order valence-electron chi connectivity index (χ3n) is 19.0. The lowest BCUT2D eigenvalue weighted by Gasteiger charge is -2.28. The Morgan fingerprint density at radius 3 is 0.774 bits per heavy atom. The second kappa shape index (κ2) is 59.9. The number of hydrogen-bond donors (Lipinski definition) is 24. The minimum atomic E-state index is -0.983. The number of primary amides is 4. The van der Waals surface area contributed by atoms with Crippen molar-refractivity contribution in [1.82, 2.24) is 85.1 Å². The van der Waals surface area contributed by atoms with Gasteiger partial charge in [0.25, 0.3) is 0 Å². The molecule has 694 valence electrons. The summed E-state index contributed by atoms with van der Waals surface area (Å²) < 4.78 is 0. The highest BCUT2D eigenvalue weighted by Crippen LogP contribution is 2.28. The van der Waals surface area contributed by atoms with E-state index in [0.29, 0.717) is 112 Å². The molecule has 0 spiro atoms. The van der Waals surface area contributed by atoms with Crippen molar-refractivity contribution in [3.63, 3.8) is 0 Å². The van der Waals surface area contributed by atoms with E-state index in [-0.39, 0.29) is 54.2 Å². The van der Waals surface area contributed by atoms with Gasteiger partial charge in [-0.05, 0) is 111 Å². The molecule has 1 fully saturated rings. The van der Waals surface area contributed by atoms with Crippen molar-refractivity contribution in [2.24, 2.45) is 75.5 Å². The highest BCUT2D eigenvalue weighted by atomic mass is 16.2. The average Bonchev–Trinajstić information content (AvgIpc) is 0.962. The molecule has 0 saturated heterocycles. The molecule has 2 aromatic rings. The summed E-state index contributed by atoms with van der Waals surface area (Å²) in [5.41, 5.74) is 44.6. The molecule has 32 N–H and O–H groups in total. The molecule has 124 heavy (non-hydrogen) atoms. The van der Waals surface area contributed by atoms with Crippen molar-refractivity contribution in [1.29, 1.82) is 0 Å². The maximum absolute atomic E-state index is 13.0. The maximum atomic E-state index is 13.0. The van der Waals surface area contributed by atoms with Crippen LogP contribution in [0, 0.1) is 29.6 Å². The zero-order valence-corrected chi connectivity index (χ0v) is 74.3. The van der Waals surface area contributed by atoms with Crippen LogP contribution in [0.5, 0.6) is 0 Å². The van der Waals surface area contributed by atoms with Gasteiger partial charge in [0.15, 0.2) is 0 Å². The summed E-state index contributed by atoms with van der Waals surface area (Å²) in [5, 5.41) is 43.3. The van der Waals surface area contributed by atoms with Crippen LogP contribution in [0.15, 0.2) is 110 Å². The van der Waals surface area contributed by atoms with Crippen molar-refractivity contribution < 1.29 is 76.7 Å². The van der Waals surface area contributed by atoms with Crippen molar-refractivity contribution in [3.05, 3.63) is 121 Å². The van der Waals surface area contributed by atoms with Crippen LogP contribution in [0.3, 0.4) is 0 Å². The van der Waals surface area contributed by atoms with Crippen molar-refractivity contribution >= 4 is 94.5 Å².